The molecule has 0 fully saturated rings. The molecule has 0 spiro atoms. The summed E-state index contributed by atoms with van der Waals surface area (Å²) in [5.74, 6) is 0.205. The Balaban J connectivity index is 0.000000157. The quantitative estimate of drug-likeness (QED) is 0.205. The number of benzene rings is 3. The Bertz CT molecular complexity index is 1420. The molecule has 6 heteroatoms. The normalized spacial score (nSPS) is 11.8. The van der Waals surface area contributed by atoms with Gasteiger partial charge in [0.2, 0.25) is 0 Å². The average molecular weight is 624 g/mol. The first-order valence-corrected chi connectivity index (χ1v) is 10.9. The Morgan fingerprint density at radius 1 is 0.853 bits per heavy atom. The maximum atomic E-state index is 9.83. The molecule has 3 aromatic carbocycles. The number of phenolic OH excluding ortho intramolecular Hbond substituents is 1. The molecule has 2 aromatic heterocycles. The number of fused-ring (bicyclic) bond motifs is 2. The molecule has 1 radical (unpaired) electrons. The largest absolute Gasteiger partial charge is 0.506 e. The van der Waals surface area contributed by atoms with Crippen molar-refractivity contribution in [1.82, 2.24) is 20.0 Å². The number of nitrogens with zero attached hydrogens (tertiary/aromatic N) is 4. The summed E-state index contributed by atoms with van der Waals surface area (Å²) >= 11 is 0. The van der Waals surface area contributed by atoms with Crippen LogP contribution in [0.2, 0.25) is 0 Å². The van der Waals surface area contributed by atoms with Crippen LogP contribution < -0.4 is 0 Å². The molecule has 1 aliphatic carbocycles. The Morgan fingerprint density at radius 3 is 2.32 bits per heavy atom. The zero-order chi connectivity index (χ0) is 22.6. The van der Waals surface area contributed by atoms with Crippen molar-refractivity contribution >= 4 is 10.9 Å². The SMILES string of the molecule is Cc1ccc(O)c(-n2nc3c(n2)CC=CC3)c1.[Ir].[c-]1ccccc1-c1ccc2ccccc2n1. The molecule has 34 heavy (non-hydrogen) atoms. The van der Waals surface area contributed by atoms with E-state index in [9.17, 15) is 5.11 Å². The number of pyridine rings is 1. The molecular weight excluding hydrogens is 601 g/mol. The van der Waals surface area contributed by atoms with Gasteiger partial charge in [0.15, 0.2) is 0 Å². The predicted octanol–water partition coefficient (Wildman–Crippen LogP) is 5.64. The van der Waals surface area contributed by atoms with Crippen LogP contribution in [-0.2, 0) is 32.9 Å². The number of hydrogen-bond donors (Lipinski definition) is 1. The summed E-state index contributed by atoms with van der Waals surface area (Å²) in [6.45, 7) is 1.98. The fourth-order valence-electron chi connectivity index (χ4n) is 3.74. The van der Waals surface area contributed by atoms with Gasteiger partial charge in [0.05, 0.1) is 16.9 Å². The minimum atomic E-state index is 0. The molecule has 0 atom stereocenters. The first-order chi connectivity index (χ1) is 16.2. The van der Waals surface area contributed by atoms with E-state index in [0.717, 1.165) is 46.6 Å². The average Bonchev–Trinajstić information content (AvgIpc) is 3.30. The second-order valence-corrected chi connectivity index (χ2v) is 7.92. The molecule has 0 bridgehead atoms. The summed E-state index contributed by atoms with van der Waals surface area (Å²) in [6, 6.07) is 28.8. The van der Waals surface area contributed by atoms with Crippen molar-refractivity contribution in [3.05, 3.63) is 114 Å². The van der Waals surface area contributed by atoms with Gasteiger partial charge >= 0.3 is 0 Å². The van der Waals surface area contributed by atoms with Crippen molar-refractivity contribution in [3.8, 4) is 22.7 Å². The van der Waals surface area contributed by atoms with Crippen LogP contribution in [0.3, 0.4) is 0 Å². The van der Waals surface area contributed by atoms with Crippen molar-refractivity contribution in [1.29, 1.82) is 0 Å². The number of aromatic hydroxyl groups is 1. The van der Waals surface area contributed by atoms with Crippen LogP contribution in [-0.4, -0.2) is 25.1 Å². The van der Waals surface area contributed by atoms with Crippen LogP contribution >= 0.6 is 0 Å². The van der Waals surface area contributed by atoms with E-state index in [1.807, 2.05) is 67.6 Å². The third-order valence-electron chi connectivity index (χ3n) is 5.48. The molecule has 0 saturated heterocycles. The van der Waals surface area contributed by atoms with Crippen molar-refractivity contribution < 1.29 is 25.2 Å². The number of hydrogen-bond acceptors (Lipinski definition) is 4. The molecule has 171 valence electrons. The van der Waals surface area contributed by atoms with Crippen LogP contribution in [0.25, 0.3) is 27.8 Å². The topological polar surface area (TPSA) is 63.8 Å². The first kappa shape index (κ1) is 23.6. The molecule has 1 aliphatic rings. The van der Waals surface area contributed by atoms with Gasteiger partial charge < -0.3 is 5.11 Å². The summed E-state index contributed by atoms with van der Waals surface area (Å²) in [4.78, 5) is 6.14. The fraction of sp³-hybridized carbons (Fsp3) is 0.107. The number of aromatic nitrogens is 4. The van der Waals surface area contributed by atoms with Gasteiger partial charge in [0.1, 0.15) is 11.4 Å². The van der Waals surface area contributed by atoms with E-state index >= 15 is 0 Å². The summed E-state index contributed by atoms with van der Waals surface area (Å²) in [5.41, 5.74) is 6.73. The van der Waals surface area contributed by atoms with E-state index in [1.54, 1.807) is 6.07 Å². The minimum absolute atomic E-state index is 0. The molecular formula is C28H23IrN4O-. The zero-order valence-corrected chi connectivity index (χ0v) is 21.0. The molecule has 6 rings (SSSR count). The second-order valence-electron chi connectivity index (χ2n) is 7.92. The fourth-order valence-corrected chi connectivity index (χ4v) is 3.74. The monoisotopic (exact) mass is 624 g/mol. The summed E-state index contributed by atoms with van der Waals surface area (Å²) in [6.07, 6.45) is 5.83. The van der Waals surface area contributed by atoms with E-state index in [2.05, 4.69) is 45.5 Å². The van der Waals surface area contributed by atoms with Crippen LogP contribution in [0.5, 0.6) is 5.75 Å². The molecule has 0 saturated carbocycles. The van der Waals surface area contributed by atoms with Crippen LogP contribution in [0.1, 0.15) is 17.0 Å². The van der Waals surface area contributed by atoms with Gasteiger partial charge in [-0.15, -0.1) is 40.7 Å². The Labute approximate surface area is 212 Å². The van der Waals surface area contributed by atoms with Gasteiger partial charge in [-0.25, -0.2) is 0 Å². The van der Waals surface area contributed by atoms with Gasteiger partial charge in [-0.05, 0) is 41.8 Å². The third-order valence-corrected chi connectivity index (χ3v) is 5.48. The molecule has 5 nitrogen and oxygen atoms in total. The molecule has 0 unspecified atom stereocenters. The van der Waals surface area contributed by atoms with Gasteiger partial charge in [0.25, 0.3) is 0 Å². The van der Waals surface area contributed by atoms with E-state index in [4.69, 9.17) is 0 Å². The van der Waals surface area contributed by atoms with E-state index in [0.29, 0.717) is 5.69 Å². The van der Waals surface area contributed by atoms with Crippen molar-refractivity contribution in [2.24, 2.45) is 0 Å². The maximum absolute atomic E-state index is 9.83. The van der Waals surface area contributed by atoms with Gasteiger partial charge in [-0.2, -0.15) is 10.2 Å². The Hall–Kier alpha value is -3.60. The van der Waals surface area contributed by atoms with Crippen LogP contribution in [0, 0.1) is 13.0 Å². The molecule has 1 N–H and O–H groups in total. The number of aryl methyl sites for hydroxylation is 1. The standard InChI is InChI=1S/C15H10N.C13H13N3O.Ir/c1-2-6-12(7-3-1)15-11-10-13-8-4-5-9-14(13)16-15;1-9-6-7-13(17)12(8-9)16-14-10-4-2-3-5-11(10)15-16;/h1-6,8-11H;2-3,6-8,17H,4-5H2,1H3;/q-1;;. The van der Waals surface area contributed by atoms with Crippen molar-refractivity contribution in [2.75, 3.05) is 0 Å². The van der Waals surface area contributed by atoms with E-state index in [-0.39, 0.29) is 25.9 Å². The van der Waals surface area contributed by atoms with Gasteiger partial charge in [0, 0.05) is 32.9 Å². The minimum Gasteiger partial charge on any atom is -0.506 e. The number of para-hydroxylation sites is 1. The maximum Gasteiger partial charge on any atom is 0.143 e. The number of phenols is 1. The summed E-state index contributed by atoms with van der Waals surface area (Å²) in [5, 5.41) is 19.8. The van der Waals surface area contributed by atoms with E-state index < -0.39 is 0 Å². The molecule has 5 aromatic rings. The smallest absolute Gasteiger partial charge is 0.143 e. The Kier molecular flexibility index (Phi) is 7.31. The second kappa shape index (κ2) is 10.6. The number of rotatable bonds is 2. The van der Waals surface area contributed by atoms with Crippen LogP contribution in [0.4, 0.5) is 0 Å². The first-order valence-electron chi connectivity index (χ1n) is 10.9. The van der Waals surface area contributed by atoms with Crippen molar-refractivity contribution in [3.63, 3.8) is 0 Å². The van der Waals surface area contributed by atoms with Gasteiger partial charge in [-0.3, -0.25) is 4.98 Å². The molecule has 0 aliphatic heterocycles. The molecule has 0 amide bonds. The Morgan fingerprint density at radius 2 is 1.59 bits per heavy atom. The number of allylic oxidation sites excluding steroid dienone is 2. The predicted molar refractivity (Wildman–Crippen MR) is 130 cm³/mol. The van der Waals surface area contributed by atoms with E-state index in [1.165, 1.54) is 10.2 Å². The van der Waals surface area contributed by atoms with Gasteiger partial charge in [-0.1, -0.05) is 48.6 Å². The molecule has 2 heterocycles. The summed E-state index contributed by atoms with van der Waals surface area (Å²) < 4.78 is 0. The summed E-state index contributed by atoms with van der Waals surface area (Å²) in [7, 11) is 0. The van der Waals surface area contributed by atoms with Crippen molar-refractivity contribution in [2.45, 2.75) is 19.8 Å². The third kappa shape index (κ3) is 5.14. The zero-order valence-electron chi connectivity index (χ0n) is 18.6. The van der Waals surface area contributed by atoms with Crippen LogP contribution in [0.15, 0.2) is 91.0 Å².